The van der Waals surface area contributed by atoms with E-state index in [1.165, 1.54) is 0 Å². The Bertz CT molecular complexity index is 1300. The molecule has 3 heterocycles. The first-order chi connectivity index (χ1) is 15.3. The van der Waals surface area contributed by atoms with Gasteiger partial charge in [-0.2, -0.15) is 5.10 Å². The molecule has 8 heteroatoms. The maximum Gasteiger partial charge on any atom is 0.255 e. The van der Waals surface area contributed by atoms with E-state index in [9.17, 15) is 14.4 Å². The second-order valence-corrected chi connectivity index (χ2v) is 8.69. The van der Waals surface area contributed by atoms with Crippen LogP contribution in [0.25, 0.3) is 22.4 Å². The molecule has 1 unspecified atom stereocenters. The molecule has 0 saturated carbocycles. The highest BCUT2D eigenvalue weighted by Gasteiger charge is 2.39. The lowest BCUT2D eigenvalue weighted by atomic mass is 9.97. The fourth-order valence-electron chi connectivity index (χ4n) is 4.52. The Morgan fingerprint density at radius 2 is 1.84 bits per heavy atom. The average molecular weight is 449 g/mol. The van der Waals surface area contributed by atoms with E-state index in [1.807, 2.05) is 44.3 Å². The molecule has 1 atom stereocenters. The van der Waals surface area contributed by atoms with Gasteiger partial charge in [-0.15, -0.1) is 0 Å². The predicted octanol–water partition coefficient (Wildman–Crippen LogP) is 3.48. The number of aryl methyl sites for hydroxylation is 2. The number of carbonyl (C=O) groups is 3. The van der Waals surface area contributed by atoms with Crippen molar-refractivity contribution in [3.63, 3.8) is 0 Å². The molecular weight excluding hydrogens is 428 g/mol. The Morgan fingerprint density at radius 1 is 1.06 bits per heavy atom. The molecule has 0 bridgehead atoms. The molecule has 32 heavy (non-hydrogen) atoms. The molecule has 3 aromatic rings. The molecule has 2 aromatic carbocycles. The Kier molecular flexibility index (Phi) is 4.86. The van der Waals surface area contributed by atoms with Gasteiger partial charge >= 0.3 is 0 Å². The number of nitrogens with zero attached hydrogens (tertiary/aromatic N) is 3. The molecule has 3 amide bonds. The van der Waals surface area contributed by atoms with Crippen molar-refractivity contribution in [2.75, 3.05) is 0 Å². The number of piperidine rings is 1. The van der Waals surface area contributed by atoms with Gasteiger partial charge in [0.1, 0.15) is 6.04 Å². The molecule has 5 rings (SSSR count). The minimum absolute atomic E-state index is 0.186. The largest absolute Gasteiger partial charge is 0.322 e. The van der Waals surface area contributed by atoms with Crippen LogP contribution >= 0.6 is 11.6 Å². The first kappa shape index (κ1) is 20.5. The van der Waals surface area contributed by atoms with Gasteiger partial charge in [-0.25, -0.2) is 0 Å². The number of amides is 3. The molecule has 1 fully saturated rings. The minimum atomic E-state index is -0.628. The van der Waals surface area contributed by atoms with Gasteiger partial charge in [0.25, 0.3) is 5.91 Å². The van der Waals surface area contributed by atoms with Crippen molar-refractivity contribution in [2.45, 2.75) is 32.4 Å². The molecular formula is C24H21ClN4O3. The Balaban J connectivity index is 1.51. The van der Waals surface area contributed by atoms with Crippen LogP contribution < -0.4 is 5.32 Å². The van der Waals surface area contributed by atoms with Crippen molar-refractivity contribution in [2.24, 2.45) is 7.05 Å². The van der Waals surface area contributed by atoms with Gasteiger partial charge in [0, 0.05) is 36.7 Å². The Morgan fingerprint density at radius 3 is 2.59 bits per heavy atom. The van der Waals surface area contributed by atoms with Crippen LogP contribution in [0.15, 0.2) is 42.6 Å². The van der Waals surface area contributed by atoms with Crippen LogP contribution in [0.4, 0.5) is 0 Å². The van der Waals surface area contributed by atoms with Crippen LogP contribution in [0.2, 0.25) is 5.02 Å². The van der Waals surface area contributed by atoms with E-state index in [2.05, 4.69) is 10.4 Å². The maximum absolute atomic E-state index is 13.0. The maximum atomic E-state index is 13.0. The minimum Gasteiger partial charge on any atom is -0.322 e. The lowest BCUT2D eigenvalue weighted by Gasteiger charge is -2.29. The second-order valence-electron chi connectivity index (χ2n) is 8.29. The molecule has 2 aliphatic heterocycles. The van der Waals surface area contributed by atoms with Gasteiger partial charge in [0.05, 0.1) is 16.9 Å². The lowest BCUT2D eigenvalue weighted by Crippen LogP contribution is -2.52. The zero-order chi connectivity index (χ0) is 22.6. The fourth-order valence-corrected chi connectivity index (χ4v) is 4.85. The van der Waals surface area contributed by atoms with Crippen molar-refractivity contribution in [3.8, 4) is 22.4 Å². The van der Waals surface area contributed by atoms with Crippen LogP contribution in [0.1, 0.15) is 34.3 Å². The Labute approximate surface area is 190 Å². The molecule has 1 saturated heterocycles. The number of hydrogen-bond donors (Lipinski definition) is 1. The molecule has 7 nitrogen and oxygen atoms in total. The van der Waals surface area contributed by atoms with Crippen LogP contribution in [-0.4, -0.2) is 38.4 Å². The number of halogens is 1. The topological polar surface area (TPSA) is 84.3 Å². The number of nitrogens with one attached hydrogen (secondary N) is 1. The van der Waals surface area contributed by atoms with Gasteiger partial charge in [-0.1, -0.05) is 29.8 Å². The van der Waals surface area contributed by atoms with Gasteiger partial charge in [0.15, 0.2) is 0 Å². The third-order valence-corrected chi connectivity index (χ3v) is 6.47. The van der Waals surface area contributed by atoms with E-state index in [4.69, 9.17) is 11.6 Å². The Hall–Kier alpha value is -3.45. The highest BCUT2D eigenvalue weighted by atomic mass is 35.5. The monoisotopic (exact) mass is 448 g/mol. The van der Waals surface area contributed by atoms with E-state index in [0.717, 1.165) is 33.5 Å². The second kappa shape index (κ2) is 7.60. The third-order valence-electron chi connectivity index (χ3n) is 6.15. The molecule has 0 radical (unpaired) electrons. The number of benzene rings is 2. The van der Waals surface area contributed by atoms with E-state index in [1.54, 1.807) is 21.8 Å². The highest BCUT2D eigenvalue weighted by molar-refractivity contribution is 6.33. The standard InChI is InChI=1S/C24H21ClN4O3/c1-13-3-5-17(19(25)9-13)22-18(11-26-28(22)2)14-4-6-16-15(10-14)12-29(24(16)32)20-7-8-21(30)27-23(20)31/h3-6,9-11,20H,7-8,12H2,1-2H3,(H,27,30,31). The summed E-state index contributed by atoms with van der Waals surface area (Å²) in [5.74, 6) is -0.892. The summed E-state index contributed by atoms with van der Waals surface area (Å²) in [4.78, 5) is 38.3. The molecule has 0 aliphatic carbocycles. The summed E-state index contributed by atoms with van der Waals surface area (Å²) in [6.07, 6.45) is 2.37. The highest BCUT2D eigenvalue weighted by Crippen LogP contribution is 2.38. The van der Waals surface area contributed by atoms with Crippen molar-refractivity contribution < 1.29 is 14.4 Å². The number of aromatic nitrogens is 2. The zero-order valence-electron chi connectivity index (χ0n) is 17.7. The van der Waals surface area contributed by atoms with Gasteiger partial charge in [-0.05, 0) is 48.2 Å². The predicted molar refractivity (Wildman–Crippen MR) is 120 cm³/mol. The summed E-state index contributed by atoms with van der Waals surface area (Å²) in [6, 6.07) is 11.0. The number of rotatable bonds is 3. The van der Waals surface area contributed by atoms with Crippen LogP contribution in [0.5, 0.6) is 0 Å². The summed E-state index contributed by atoms with van der Waals surface area (Å²) < 4.78 is 1.79. The van der Waals surface area contributed by atoms with E-state index in [-0.39, 0.29) is 18.2 Å². The summed E-state index contributed by atoms with van der Waals surface area (Å²) in [5.41, 5.74) is 6.11. The van der Waals surface area contributed by atoms with E-state index in [0.29, 0.717) is 23.6 Å². The van der Waals surface area contributed by atoms with Crippen molar-refractivity contribution in [1.82, 2.24) is 20.0 Å². The zero-order valence-corrected chi connectivity index (χ0v) is 18.4. The van der Waals surface area contributed by atoms with Crippen molar-refractivity contribution >= 4 is 29.3 Å². The average Bonchev–Trinajstić information content (AvgIpc) is 3.28. The van der Waals surface area contributed by atoms with Crippen molar-refractivity contribution in [1.29, 1.82) is 0 Å². The summed E-state index contributed by atoms with van der Waals surface area (Å²) in [7, 11) is 1.87. The smallest absolute Gasteiger partial charge is 0.255 e. The number of fused-ring (bicyclic) bond motifs is 1. The normalized spacial score (nSPS) is 18.2. The fraction of sp³-hybridized carbons (Fsp3) is 0.250. The van der Waals surface area contributed by atoms with Crippen molar-refractivity contribution in [3.05, 3.63) is 64.3 Å². The molecule has 162 valence electrons. The van der Waals surface area contributed by atoms with Gasteiger partial charge in [-0.3, -0.25) is 24.4 Å². The summed E-state index contributed by atoms with van der Waals surface area (Å²) in [6.45, 7) is 2.32. The third kappa shape index (κ3) is 3.29. The first-order valence-corrected chi connectivity index (χ1v) is 10.8. The molecule has 0 spiro atoms. The van der Waals surface area contributed by atoms with Gasteiger partial charge < -0.3 is 4.90 Å². The first-order valence-electron chi connectivity index (χ1n) is 10.4. The number of carbonyl (C=O) groups excluding carboxylic acids is 3. The quantitative estimate of drug-likeness (QED) is 0.622. The van der Waals surface area contributed by atoms with Crippen LogP contribution in [-0.2, 0) is 23.2 Å². The van der Waals surface area contributed by atoms with E-state index >= 15 is 0 Å². The number of imide groups is 1. The van der Waals surface area contributed by atoms with E-state index < -0.39 is 11.9 Å². The SMILES string of the molecule is Cc1ccc(-c2c(-c3ccc4c(c3)CN(C3CCC(=O)NC3=O)C4=O)cnn2C)c(Cl)c1. The lowest BCUT2D eigenvalue weighted by molar-refractivity contribution is -0.136. The van der Waals surface area contributed by atoms with Crippen LogP contribution in [0, 0.1) is 6.92 Å². The summed E-state index contributed by atoms with van der Waals surface area (Å²) >= 11 is 6.54. The molecule has 1 aromatic heterocycles. The molecule has 1 N–H and O–H groups in total. The number of hydrogen-bond acceptors (Lipinski definition) is 4. The molecule has 2 aliphatic rings. The van der Waals surface area contributed by atoms with Crippen LogP contribution in [0.3, 0.4) is 0 Å². The van der Waals surface area contributed by atoms with Gasteiger partial charge in [0.2, 0.25) is 11.8 Å². The summed E-state index contributed by atoms with van der Waals surface area (Å²) in [5, 5.41) is 7.42.